The molecule has 1 saturated heterocycles. The number of nitrogens with zero attached hydrogens (tertiary/aromatic N) is 2. The summed E-state index contributed by atoms with van der Waals surface area (Å²) in [6, 6.07) is 4.34. The molecular weight excluding hydrogens is 341 g/mol. The molecule has 0 unspecified atom stereocenters. The average molecular weight is 360 g/mol. The zero-order chi connectivity index (χ0) is 17.0. The van der Waals surface area contributed by atoms with Gasteiger partial charge in [0.05, 0.1) is 0 Å². The van der Waals surface area contributed by atoms with E-state index in [2.05, 4.69) is 0 Å². The van der Waals surface area contributed by atoms with Crippen LogP contribution in [0.3, 0.4) is 0 Å². The first-order valence-corrected chi connectivity index (χ1v) is 8.08. The molecule has 2 N–H and O–H groups in total. The molecule has 23 heavy (non-hydrogen) atoms. The first-order chi connectivity index (χ1) is 10.9. The van der Waals surface area contributed by atoms with Crippen LogP contribution in [0.5, 0.6) is 5.75 Å². The van der Waals surface area contributed by atoms with Crippen LogP contribution >= 0.6 is 23.2 Å². The Hall–Kier alpha value is -1.66. The number of benzene rings is 1. The molecule has 6 nitrogen and oxygen atoms in total. The number of amides is 3. The fraction of sp³-hybridized carbons (Fsp3) is 0.467. The number of halogens is 2. The van der Waals surface area contributed by atoms with Gasteiger partial charge < -0.3 is 20.3 Å². The maximum absolute atomic E-state index is 12.5. The van der Waals surface area contributed by atoms with E-state index in [0.29, 0.717) is 48.4 Å². The summed E-state index contributed by atoms with van der Waals surface area (Å²) in [5.74, 6) is 0.296. The van der Waals surface area contributed by atoms with Gasteiger partial charge in [-0.2, -0.15) is 0 Å². The number of carbonyl (C=O) groups excluding carboxylic acids is 2. The van der Waals surface area contributed by atoms with Gasteiger partial charge in [-0.3, -0.25) is 4.79 Å². The molecule has 1 aromatic carbocycles. The molecule has 1 aromatic rings. The molecule has 1 aliphatic heterocycles. The number of rotatable bonds is 3. The van der Waals surface area contributed by atoms with Gasteiger partial charge in [-0.25, -0.2) is 4.79 Å². The van der Waals surface area contributed by atoms with E-state index < -0.39 is 12.1 Å². The minimum absolute atomic E-state index is 0.146. The van der Waals surface area contributed by atoms with Crippen LogP contribution in [0, 0.1) is 0 Å². The maximum atomic E-state index is 12.5. The van der Waals surface area contributed by atoms with E-state index in [1.165, 1.54) is 4.90 Å². The highest BCUT2D eigenvalue weighted by molar-refractivity contribution is 6.34. The van der Waals surface area contributed by atoms with E-state index in [1.807, 2.05) is 0 Å². The Morgan fingerprint density at radius 2 is 1.65 bits per heavy atom. The summed E-state index contributed by atoms with van der Waals surface area (Å²) >= 11 is 11.8. The lowest BCUT2D eigenvalue weighted by atomic mass is 10.3. The fourth-order valence-corrected chi connectivity index (χ4v) is 2.97. The van der Waals surface area contributed by atoms with E-state index >= 15 is 0 Å². The van der Waals surface area contributed by atoms with Crippen LogP contribution < -0.4 is 10.5 Å². The van der Waals surface area contributed by atoms with Gasteiger partial charge in [0.1, 0.15) is 5.75 Å². The molecule has 1 aliphatic rings. The van der Waals surface area contributed by atoms with Gasteiger partial charge in [0.25, 0.3) is 5.91 Å². The summed E-state index contributed by atoms with van der Waals surface area (Å²) in [6.07, 6.45) is 0.00867. The topological polar surface area (TPSA) is 75.9 Å². The summed E-state index contributed by atoms with van der Waals surface area (Å²) < 4.78 is 5.64. The number of urea groups is 1. The van der Waals surface area contributed by atoms with Gasteiger partial charge in [0.15, 0.2) is 6.10 Å². The molecule has 3 amide bonds. The molecule has 8 heteroatoms. The van der Waals surface area contributed by atoms with Crippen molar-refractivity contribution in [3.63, 3.8) is 0 Å². The quantitative estimate of drug-likeness (QED) is 0.899. The molecule has 0 aromatic heterocycles. The lowest BCUT2D eigenvalue weighted by Gasteiger charge is -2.25. The Morgan fingerprint density at radius 3 is 2.26 bits per heavy atom. The van der Waals surface area contributed by atoms with Gasteiger partial charge >= 0.3 is 6.03 Å². The van der Waals surface area contributed by atoms with Crippen LogP contribution in [0.2, 0.25) is 10.0 Å². The van der Waals surface area contributed by atoms with Crippen LogP contribution in [-0.4, -0.2) is 54.0 Å². The third kappa shape index (κ3) is 4.91. The van der Waals surface area contributed by atoms with Crippen LogP contribution in [0.4, 0.5) is 4.79 Å². The summed E-state index contributed by atoms with van der Waals surface area (Å²) in [5, 5.41) is 0.887. The first-order valence-electron chi connectivity index (χ1n) is 7.32. The smallest absolute Gasteiger partial charge is 0.314 e. The Kier molecular flexibility index (Phi) is 5.96. The van der Waals surface area contributed by atoms with Gasteiger partial charge in [0.2, 0.25) is 0 Å². The number of primary amides is 1. The Morgan fingerprint density at radius 1 is 1.09 bits per heavy atom. The van der Waals surface area contributed by atoms with Gasteiger partial charge in [-0.15, -0.1) is 0 Å². The molecule has 1 heterocycles. The van der Waals surface area contributed by atoms with E-state index in [9.17, 15) is 9.59 Å². The SMILES string of the molecule is C[C@H](Oc1cc(Cl)cc(Cl)c1)C(=O)N1CCCN(C(N)=O)CC1. The van der Waals surface area contributed by atoms with Crippen LogP contribution in [0.1, 0.15) is 13.3 Å². The van der Waals surface area contributed by atoms with Crippen molar-refractivity contribution in [1.82, 2.24) is 9.80 Å². The second-order valence-corrected chi connectivity index (χ2v) is 6.24. The lowest BCUT2D eigenvalue weighted by molar-refractivity contribution is -0.137. The second kappa shape index (κ2) is 7.75. The van der Waals surface area contributed by atoms with E-state index in [1.54, 1.807) is 30.0 Å². The van der Waals surface area contributed by atoms with Crippen molar-refractivity contribution >= 4 is 35.1 Å². The fourth-order valence-electron chi connectivity index (χ4n) is 2.47. The van der Waals surface area contributed by atoms with E-state index in [0.717, 1.165) is 0 Å². The maximum Gasteiger partial charge on any atom is 0.314 e. The molecular formula is C15H19Cl2N3O3. The van der Waals surface area contributed by atoms with Crippen LogP contribution in [-0.2, 0) is 4.79 Å². The average Bonchev–Trinajstić information content (AvgIpc) is 2.71. The molecule has 1 fully saturated rings. The molecule has 0 bridgehead atoms. The summed E-state index contributed by atoms with van der Waals surface area (Å²) in [6.45, 7) is 3.65. The van der Waals surface area contributed by atoms with Crippen molar-refractivity contribution in [2.24, 2.45) is 5.73 Å². The van der Waals surface area contributed by atoms with Crippen molar-refractivity contribution in [2.45, 2.75) is 19.4 Å². The molecule has 0 radical (unpaired) electrons. The zero-order valence-electron chi connectivity index (χ0n) is 12.8. The zero-order valence-corrected chi connectivity index (χ0v) is 14.3. The summed E-state index contributed by atoms with van der Waals surface area (Å²) in [7, 11) is 0. The third-order valence-electron chi connectivity index (χ3n) is 3.62. The first kappa shape index (κ1) is 17.7. The van der Waals surface area contributed by atoms with Crippen molar-refractivity contribution < 1.29 is 14.3 Å². The predicted molar refractivity (Wildman–Crippen MR) is 88.9 cm³/mol. The van der Waals surface area contributed by atoms with Crippen molar-refractivity contribution in [2.75, 3.05) is 26.2 Å². The number of hydrogen-bond donors (Lipinski definition) is 1. The van der Waals surface area contributed by atoms with Crippen LogP contribution in [0.25, 0.3) is 0 Å². The predicted octanol–water partition coefficient (Wildman–Crippen LogP) is 2.37. The van der Waals surface area contributed by atoms with Gasteiger partial charge in [-0.05, 0) is 31.5 Å². The Labute approximate surface area is 145 Å². The minimum Gasteiger partial charge on any atom is -0.481 e. The molecule has 0 saturated carbocycles. The minimum atomic E-state index is -0.676. The van der Waals surface area contributed by atoms with E-state index in [4.69, 9.17) is 33.7 Å². The summed E-state index contributed by atoms with van der Waals surface area (Å²) in [4.78, 5) is 26.9. The summed E-state index contributed by atoms with van der Waals surface area (Å²) in [5.41, 5.74) is 5.28. The highest BCUT2D eigenvalue weighted by Crippen LogP contribution is 2.25. The molecule has 126 valence electrons. The second-order valence-electron chi connectivity index (χ2n) is 5.37. The Balaban J connectivity index is 1.97. The number of hydrogen-bond acceptors (Lipinski definition) is 3. The highest BCUT2D eigenvalue weighted by atomic mass is 35.5. The number of ether oxygens (including phenoxy) is 1. The molecule has 0 spiro atoms. The molecule has 0 aliphatic carbocycles. The van der Waals surface area contributed by atoms with Crippen LogP contribution in [0.15, 0.2) is 18.2 Å². The van der Waals surface area contributed by atoms with Crippen molar-refractivity contribution in [3.05, 3.63) is 28.2 Å². The van der Waals surface area contributed by atoms with E-state index in [-0.39, 0.29) is 5.91 Å². The Bertz CT molecular complexity index is 577. The monoisotopic (exact) mass is 359 g/mol. The third-order valence-corrected chi connectivity index (χ3v) is 4.05. The molecule has 1 atom stereocenters. The van der Waals surface area contributed by atoms with Crippen molar-refractivity contribution in [1.29, 1.82) is 0 Å². The molecule has 2 rings (SSSR count). The number of carbonyl (C=O) groups is 2. The highest BCUT2D eigenvalue weighted by Gasteiger charge is 2.25. The standard InChI is InChI=1S/C15H19Cl2N3O3/c1-10(23-13-8-11(16)7-12(17)9-13)14(21)19-3-2-4-20(6-5-19)15(18)22/h7-10H,2-6H2,1H3,(H2,18,22)/t10-/m0/s1. The largest absolute Gasteiger partial charge is 0.481 e. The van der Waals surface area contributed by atoms with Gasteiger partial charge in [0, 0.05) is 36.2 Å². The number of nitrogens with two attached hydrogens (primary N) is 1. The lowest BCUT2D eigenvalue weighted by Crippen LogP contribution is -2.43. The van der Waals surface area contributed by atoms with Gasteiger partial charge in [-0.1, -0.05) is 23.2 Å². The van der Waals surface area contributed by atoms with Crippen molar-refractivity contribution in [3.8, 4) is 5.75 Å². The normalized spacial score (nSPS) is 16.7.